The molecule has 0 saturated carbocycles. The van der Waals surface area contributed by atoms with Crippen molar-refractivity contribution in [2.75, 3.05) is 7.11 Å². The topological polar surface area (TPSA) is 47.3 Å². The molecule has 6 heteroatoms. The third-order valence-electron chi connectivity index (χ3n) is 3.21. The number of hydrazine groups is 1. The molecule has 2 rings (SSSR count). The Labute approximate surface area is 136 Å². The fraction of sp³-hybridized carbons (Fsp3) is 0.200. The minimum absolute atomic E-state index is 0.208. The molecule has 0 heterocycles. The highest BCUT2D eigenvalue weighted by atomic mass is 79.9. The van der Waals surface area contributed by atoms with Crippen LogP contribution in [0.25, 0.3) is 0 Å². The third kappa shape index (κ3) is 3.95. The second-order valence-electron chi connectivity index (χ2n) is 4.55. The zero-order valence-electron chi connectivity index (χ0n) is 11.4. The molecular formula is C15H15BrClFN2O. The van der Waals surface area contributed by atoms with E-state index in [1.54, 1.807) is 25.3 Å². The van der Waals surface area contributed by atoms with Crippen LogP contribution in [0, 0.1) is 5.82 Å². The van der Waals surface area contributed by atoms with Crippen LogP contribution in [0.1, 0.15) is 17.2 Å². The zero-order valence-corrected chi connectivity index (χ0v) is 13.7. The highest BCUT2D eigenvalue weighted by Crippen LogP contribution is 2.31. The van der Waals surface area contributed by atoms with Crippen molar-refractivity contribution in [3.63, 3.8) is 0 Å². The number of hydrogen-bond acceptors (Lipinski definition) is 3. The molecule has 2 aromatic carbocycles. The Morgan fingerprint density at radius 2 is 2.10 bits per heavy atom. The summed E-state index contributed by atoms with van der Waals surface area (Å²) in [7, 11) is 1.59. The van der Waals surface area contributed by atoms with Gasteiger partial charge in [0.1, 0.15) is 11.6 Å². The molecule has 0 radical (unpaired) electrons. The van der Waals surface area contributed by atoms with Crippen molar-refractivity contribution in [1.29, 1.82) is 0 Å². The van der Waals surface area contributed by atoms with E-state index in [-0.39, 0.29) is 11.9 Å². The summed E-state index contributed by atoms with van der Waals surface area (Å²) in [4.78, 5) is 0. The fourth-order valence-electron chi connectivity index (χ4n) is 2.14. The van der Waals surface area contributed by atoms with Crippen LogP contribution in [0.15, 0.2) is 40.9 Å². The van der Waals surface area contributed by atoms with Gasteiger partial charge in [-0.1, -0.05) is 33.6 Å². The number of methoxy groups -OCH3 is 1. The summed E-state index contributed by atoms with van der Waals surface area (Å²) in [6, 6.07) is 9.72. The van der Waals surface area contributed by atoms with Crippen LogP contribution in [0.3, 0.4) is 0 Å². The largest absolute Gasteiger partial charge is 0.496 e. The maximum atomic E-state index is 13.2. The molecule has 0 amide bonds. The Hall–Kier alpha value is -1.14. The lowest BCUT2D eigenvalue weighted by Gasteiger charge is -2.20. The van der Waals surface area contributed by atoms with Crippen molar-refractivity contribution in [2.24, 2.45) is 5.84 Å². The van der Waals surface area contributed by atoms with Gasteiger partial charge in [-0.05, 0) is 42.3 Å². The van der Waals surface area contributed by atoms with E-state index >= 15 is 0 Å². The molecule has 0 spiro atoms. The molecule has 0 aliphatic heterocycles. The zero-order chi connectivity index (χ0) is 15.4. The molecule has 1 atom stereocenters. The van der Waals surface area contributed by atoms with Gasteiger partial charge in [-0.25, -0.2) is 4.39 Å². The van der Waals surface area contributed by atoms with E-state index in [1.807, 2.05) is 6.07 Å². The summed E-state index contributed by atoms with van der Waals surface area (Å²) in [6.45, 7) is 0. The minimum atomic E-state index is -0.289. The van der Waals surface area contributed by atoms with Crippen molar-refractivity contribution in [3.8, 4) is 5.75 Å². The Balaban J connectivity index is 2.34. The number of rotatable bonds is 5. The van der Waals surface area contributed by atoms with Gasteiger partial charge in [-0.2, -0.15) is 0 Å². The van der Waals surface area contributed by atoms with Crippen molar-refractivity contribution >= 4 is 27.5 Å². The Morgan fingerprint density at radius 3 is 2.71 bits per heavy atom. The van der Waals surface area contributed by atoms with Crippen molar-refractivity contribution in [2.45, 2.75) is 12.5 Å². The fourth-order valence-corrected chi connectivity index (χ4v) is 2.84. The molecule has 0 bridgehead atoms. The van der Waals surface area contributed by atoms with Crippen LogP contribution in [-0.2, 0) is 6.42 Å². The van der Waals surface area contributed by atoms with E-state index in [0.717, 1.165) is 11.1 Å². The molecule has 21 heavy (non-hydrogen) atoms. The Bertz CT molecular complexity index is 639. The SMILES string of the molecule is COc1ccc(Cl)cc1C(Cc1ccc(F)cc1Br)NN. The van der Waals surface area contributed by atoms with Gasteiger partial charge in [-0.15, -0.1) is 0 Å². The number of hydrogen-bond donors (Lipinski definition) is 2. The predicted octanol–water partition coefficient (Wildman–Crippen LogP) is 4.00. The quantitative estimate of drug-likeness (QED) is 0.615. The molecule has 0 aliphatic carbocycles. The van der Waals surface area contributed by atoms with E-state index in [9.17, 15) is 4.39 Å². The third-order valence-corrected chi connectivity index (χ3v) is 4.18. The first-order valence-corrected chi connectivity index (χ1v) is 7.45. The normalized spacial score (nSPS) is 12.2. The lowest BCUT2D eigenvalue weighted by Crippen LogP contribution is -2.30. The lowest BCUT2D eigenvalue weighted by molar-refractivity contribution is 0.399. The van der Waals surface area contributed by atoms with E-state index in [2.05, 4.69) is 21.4 Å². The lowest BCUT2D eigenvalue weighted by atomic mass is 9.98. The van der Waals surface area contributed by atoms with Crippen LogP contribution in [0.5, 0.6) is 5.75 Å². The van der Waals surface area contributed by atoms with Crippen molar-refractivity contribution in [3.05, 3.63) is 62.8 Å². The summed E-state index contributed by atoms with van der Waals surface area (Å²) in [5.74, 6) is 6.07. The van der Waals surface area contributed by atoms with Crippen LogP contribution in [0.4, 0.5) is 4.39 Å². The van der Waals surface area contributed by atoms with Gasteiger partial charge in [0.15, 0.2) is 0 Å². The van der Waals surface area contributed by atoms with Gasteiger partial charge in [0.05, 0.1) is 13.2 Å². The number of ether oxygens (including phenoxy) is 1. The first-order valence-electron chi connectivity index (χ1n) is 6.28. The number of benzene rings is 2. The van der Waals surface area contributed by atoms with Crippen LogP contribution in [-0.4, -0.2) is 7.11 Å². The molecule has 3 N–H and O–H groups in total. The summed E-state index contributed by atoms with van der Waals surface area (Å²) in [5, 5.41) is 0.601. The van der Waals surface area contributed by atoms with Crippen LogP contribution in [0.2, 0.25) is 5.02 Å². The molecule has 3 nitrogen and oxygen atoms in total. The summed E-state index contributed by atoms with van der Waals surface area (Å²) in [6.07, 6.45) is 0.564. The average Bonchev–Trinajstić information content (AvgIpc) is 2.46. The van der Waals surface area contributed by atoms with E-state index in [4.69, 9.17) is 22.2 Å². The molecule has 0 aliphatic rings. The standard InChI is InChI=1S/C15H15BrClFN2O/c1-21-15-5-3-10(17)7-12(15)14(20-19)6-9-2-4-11(18)8-13(9)16/h2-5,7-8,14,20H,6,19H2,1H3. The average molecular weight is 374 g/mol. The highest BCUT2D eigenvalue weighted by molar-refractivity contribution is 9.10. The molecule has 112 valence electrons. The van der Waals surface area contributed by atoms with Gasteiger partial charge in [0.25, 0.3) is 0 Å². The van der Waals surface area contributed by atoms with E-state index < -0.39 is 0 Å². The summed E-state index contributed by atoms with van der Waals surface area (Å²) < 4.78 is 19.2. The monoisotopic (exact) mass is 372 g/mol. The maximum absolute atomic E-state index is 13.2. The first kappa shape index (κ1) is 16.2. The molecular weight excluding hydrogens is 359 g/mol. The second-order valence-corrected chi connectivity index (χ2v) is 5.84. The number of halogens is 3. The Morgan fingerprint density at radius 1 is 1.33 bits per heavy atom. The highest BCUT2D eigenvalue weighted by Gasteiger charge is 2.17. The van der Waals surface area contributed by atoms with E-state index in [0.29, 0.717) is 21.7 Å². The Kier molecular flexibility index (Phi) is 5.58. The molecule has 2 aromatic rings. The van der Waals surface area contributed by atoms with Crippen LogP contribution >= 0.6 is 27.5 Å². The van der Waals surface area contributed by atoms with Gasteiger partial charge < -0.3 is 4.74 Å². The predicted molar refractivity (Wildman–Crippen MR) is 85.9 cm³/mol. The number of nitrogens with two attached hydrogens (primary N) is 1. The van der Waals surface area contributed by atoms with Crippen molar-refractivity contribution < 1.29 is 9.13 Å². The molecule has 0 aromatic heterocycles. The second kappa shape index (κ2) is 7.22. The van der Waals surface area contributed by atoms with Gasteiger partial charge >= 0.3 is 0 Å². The summed E-state index contributed by atoms with van der Waals surface area (Å²) in [5.41, 5.74) is 4.54. The molecule has 0 saturated heterocycles. The minimum Gasteiger partial charge on any atom is -0.496 e. The van der Waals surface area contributed by atoms with Gasteiger partial charge in [0.2, 0.25) is 0 Å². The first-order chi connectivity index (χ1) is 10.0. The summed E-state index contributed by atoms with van der Waals surface area (Å²) >= 11 is 9.41. The van der Waals surface area contributed by atoms with Gasteiger partial charge in [0, 0.05) is 15.1 Å². The number of nitrogens with one attached hydrogen (secondary N) is 1. The smallest absolute Gasteiger partial charge is 0.124 e. The van der Waals surface area contributed by atoms with Crippen LogP contribution < -0.4 is 16.0 Å². The maximum Gasteiger partial charge on any atom is 0.124 e. The molecule has 1 unspecified atom stereocenters. The molecule has 0 fully saturated rings. The van der Waals surface area contributed by atoms with Gasteiger partial charge in [-0.3, -0.25) is 11.3 Å². The van der Waals surface area contributed by atoms with E-state index in [1.165, 1.54) is 12.1 Å². The van der Waals surface area contributed by atoms with Crippen molar-refractivity contribution in [1.82, 2.24) is 5.43 Å².